The van der Waals surface area contributed by atoms with Crippen molar-refractivity contribution in [3.8, 4) is 6.07 Å². The standard InChI is InChI=1S/C17H21ClN4O/c1-21-8-6-16(7-9-21)22(2)17(23)13(11-19)12-20-15-5-3-4-14(18)10-15/h3-5,10,12,16,20H,6-9H2,1-2H3/b13-12-. The fraction of sp³-hybridized carbons (Fsp3) is 0.412. The molecule has 0 spiro atoms. The van der Waals surface area contributed by atoms with E-state index < -0.39 is 0 Å². The van der Waals surface area contributed by atoms with Crippen LogP contribution in [0.1, 0.15) is 12.8 Å². The zero-order valence-corrected chi connectivity index (χ0v) is 14.2. The molecule has 0 aliphatic carbocycles. The van der Waals surface area contributed by atoms with Crippen LogP contribution in [0.3, 0.4) is 0 Å². The number of nitrogens with one attached hydrogen (secondary N) is 1. The Morgan fingerprint density at radius 3 is 2.78 bits per heavy atom. The molecule has 122 valence electrons. The second-order valence-electron chi connectivity index (χ2n) is 5.78. The lowest BCUT2D eigenvalue weighted by Gasteiger charge is -2.34. The molecule has 1 aromatic carbocycles. The van der Waals surface area contributed by atoms with Crippen molar-refractivity contribution in [3.05, 3.63) is 41.1 Å². The van der Waals surface area contributed by atoms with Crippen LogP contribution in [0.5, 0.6) is 0 Å². The molecule has 1 aromatic rings. The maximum absolute atomic E-state index is 12.5. The predicted molar refractivity (Wildman–Crippen MR) is 92.1 cm³/mol. The van der Waals surface area contributed by atoms with Gasteiger partial charge >= 0.3 is 0 Å². The number of piperidine rings is 1. The number of likely N-dealkylation sites (N-methyl/N-ethyl adjacent to an activating group) is 1. The van der Waals surface area contributed by atoms with E-state index in [2.05, 4.69) is 17.3 Å². The van der Waals surface area contributed by atoms with Crippen molar-refractivity contribution in [2.75, 3.05) is 32.5 Å². The first kappa shape index (κ1) is 17.3. The van der Waals surface area contributed by atoms with Gasteiger partial charge < -0.3 is 15.1 Å². The van der Waals surface area contributed by atoms with E-state index in [1.54, 1.807) is 30.1 Å². The quantitative estimate of drug-likeness (QED) is 0.680. The number of anilines is 1. The molecule has 1 aliphatic heterocycles. The number of benzene rings is 1. The molecule has 1 amide bonds. The minimum absolute atomic E-state index is 0.0893. The summed E-state index contributed by atoms with van der Waals surface area (Å²) < 4.78 is 0. The van der Waals surface area contributed by atoms with Crippen molar-refractivity contribution in [1.29, 1.82) is 5.26 Å². The Morgan fingerprint density at radius 2 is 2.17 bits per heavy atom. The number of halogens is 1. The molecule has 2 rings (SSSR count). The molecule has 1 aliphatic rings. The molecule has 5 nitrogen and oxygen atoms in total. The van der Waals surface area contributed by atoms with Gasteiger partial charge in [-0.15, -0.1) is 0 Å². The van der Waals surface area contributed by atoms with E-state index in [-0.39, 0.29) is 17.5 Å². The molecule has 0 radical (unpaired) electrons. The van der Waals surface area contributed by atoms with Crippen LogP contribution in [-0.4, -0.2) is 48.9 Å². The van der Waals surface area contributed by atoms with E-state index in [1.165, 1.54) is 6.20 Å². The first-order valence-electron chi connectivity index (χ1n) is 7.59. The maximum Gasteiger partial charge on any atom is 0.266 e. The topological polar surface area (TPSA) is 59.4 Å². The molecular formula is C17H21ClN4O. The summed E-state index contributed by atoms with van der Waals surface area (Å²) in [7, 11) is 3.84. The summed E-state index contributed by atoms with van der Waals surface area (Å²) in [5, 5.41) is 12.8. The third-order valence-corrected chi connectivity index (χ3v) is 4.35. The fourth-order valence-electron chi connectivity index (χ4n) is 2.61. The van der Waals surface area contributed by atoms with Crippen molar-refractivity contribution in [3.63, 3.8) is 0 Å². The monoisotopic (exact) mass is 332 g/mol. The lowest BCUT2D eigenvalue weighted by atomic mass is 10.0. The van der Waals surface area contributed by atoms with Gasteiger partial charge in [0, 0.05) is 30.0 Å². The van der Waals surface area contributed by atoms with E-state index in [0.29, 0.717) is 5.02 Å². The molecule has 6 heteroatoms. The first-order valence-corrected chi connectivity index (χ1v) is 7.97. The number of carbonyl (C=O) groups is 1. The van der Waals surface area contributed by atoms with E-state index in [1.807, 2.05) is 12.1 Å². The average Bonchev–Trinajstić information content (AvgIpc) is 2.55. The number of carbonyl (C=O) groups excluding carboxylic acids is 1. The minimum Gasteiger partial charge on any atom is -0.360 e. The summed E-state index contributed by atoms with van der Waals surface area (Å²) in [4.78, 5) is 16.4. The number of hydrogen-bond acceptors (Lipinski definition) is 4. The molecule has 1 fully saturated rings. The van der Waals surface area contributed by atoms with Crippen LogP contribution < -0.4 is 5.32 Å². The highest BCUT2D eigenvalue weighted by molar-refractivity contribution is 6.30. The minimum atomic E-state index is -0.253. The van der Waals surface area contributed by atoms with E-state index >= 15 is 0 Å². The first-order chi connectivity index (χ1) is 11.0. The summed E-state index contributed by atoms with van der Waals surface area (Å²) in [6, 6.07) is 9.28. The second kappa shape index (κ2) is 8.00. The number of likely N-dealkylation sites (tertiary alicyclic amines) is 1. The van der Waals surface area contributed by atoms with E-state index in [4.69, 9.17) is 11.6 Å². The Hall–Kier alpha value is -2.03. The van der Waals surface area contributed by atoms with Crippen molar-refractivity contribution in [2.24, 2.45) is 0 Å². The van der Waals surface area contributed by atoms with Crippen LogP contribution in [0, 0.1) is 11.3 Å². The second-order valence-corrected chi connectivity index (χ2v) is 6.21. The molecule has 0 bridgehead atoms. The molecule has 0 atom stereocenters. The Bertz CT molecular complexity index is 630. The Morgan fingerprint density at radius 1 is 1.48 bits per heavy atom. The van der Waals surface area contributed by atoms with Gasteiger partial charge in [-0.1, -0.05) is 17.7 Å². The van der Waals surface area contributed by atoms with Gasteiger partial charge in [-0.25, -0.2) is 0 Å². The summed E-state index contributed by atoms with van der Waals surface area (Å²) in [5.74, 6) is -0.253. The number of amides is 1. The summed E-state index contributed by atoms with van der Waals surface area (Å²) in [6.07, 6.45) is 3.30. The van der Waals surface area contributed by atoms with Crippen LogP contribution in [-0.2, 0) is 4.79 Å². The van der Waals surface area contributed by atoms with Crippen LogP contribution in [0.4, 0.5) is 5.69 Å². The van der Waals surface area contributed by atoms with Gasteiger partial charge in [0.15, 0.2) is 0 Å². The number of nitriles is 1. The molecular weight excluding hydrogens is 312 g/mol. The van der Waals surface area contributed by atoms with Gasteiger partial charge in [0.1, 0.15) is 11.6 Å². The molecule has 1 N–H and O–H groups in total. The fourth-order valence-corrected chi connectivity index (χ4v) is 2.80. The smallest absolute Gasteiger partial charge is 0.266 e. The van der Waals surface area contributed by atoms with E-state index in [0.717, 1.165) is 31.6 Å². The lowest BCUT2D eigenvalue weighted by molar-refractivity contribution is -0.128. The van der Waals surface area contributed by atoms with Gasteiger partial charge in [-0.3, -0.25) is 4.79 Å². The van der Waals surface area contributed by atoms with Gasteiger partial charge in [-0.2, -0.15) is 5.26 Å². The van der Waals surface area contributed by atoms with Gasteiger partial charge in [0.05, 0.1) is 0 Å². The van der Waals surface area contributed by atoms with Crippen molar-refractivity contribution < 1.29 is 4.79 Å². The molecule has 1 saturated heterocycles. The lowest BCUT2D eigenvalue weighted by Crippen LogP contribution is -2.44. The average molecular weight is 333 g/mol. The SMILES string of the molecule is CN1CCC(N(C)C(=O)/C(C#N)=C\Nc2cccc(Cl)c2)CC1. The van der Waals surface area contributed by atoms with Crippen molar-refractivity contribution in [2.45, 2.75) is 18.9 Å². The highest BCUT2D eigenvalue weighted by atomic mass is 35.5. The van der Waals surface area contributed by atoms with Gasteiger partial charge in [0.25, 0.3) is 5.91 Å². The molecule has 1 heterocycles. The van der Waals surface area contributed by atoms with Crippen molar-refractivity contribution >= 4 is 23.2 Å². The van der Waals surface area contributed by atoms with Crippen molar-refractivity contribution in [1.82, 2.24) is 9.80 Å². The highest BCUT2D eigenvalue weighted by Crippen LogP contribution is 2.17. The van der Waals surface area contributed by atoms with E-state index in [9.17, 15) is 10.1 Å². The molecule has 0 aromatic heterocycles. The van der Waals surface area contributed by atoms with Crippen LogP contribution in [0.15, 0.2) is 36.0 Å². The molecule has 0 saturated carbocycles. The highest BCUT2D eigenvalue weighted by Gasteiger charge is 2.25. The normalized spacial score (nSPS) is 16.7. The third kappa shape index (κ3) is 4.72. The predicted octanol–water partition coefficient (Wildman–Crippen LogP) is 2.71. The number of rotatable bonds is 4. The molecule has 0 unspecified atom stereocenters. The Labute approximate surface area is 142 Å². The summed E-state index contributed by atoms with van der Waals surface area (Å²) >= 11 is 5.92. The van der Waals surface area contributed by atoms with Crippen LogP contribution in [0.2, 0.25) is 5.02 Å². The zero-order valence-electron chi connectivity index (χ0n) is 13.4. The largest absolute Gasteiger partial charge is 0.360 e. The number of hydrogen-bond donors (Lipinski definition) is 1. The maximum atomic E-state index is 12.5. The van der Waals surface area contributed by atoms with Gasteiger partial charge in [0.2, 0.25) is 0 Å². The Balaban J connectivity index is 2.03. The Kier molecular flexibility index (Phi) is 6.03. The third-order valence-electron chi connectivity index (χ3n) is 4.11. The number of nitrogens with zero attached hydrogens (tertiary/aromatic N) is 3. The summed E-state index contributed by atoms with van der Waals surface area (Å²) in [5.41, 5.74) is 0.825. The van der Waals surface area contributed by atoms with Crippen LogP contribution >= 0.6 is 11.6 Å². The van der Waals surface area contributed by atoms with Gasteiger partial charge in [-0.05, 0) is 51.2 Å². The summed E-state index contributed by atoms with van der Waals surface area (Å²) in [6.45, 7) is 1.93. The molecule has 23 heavy (non-hydrogen) atoms. The van der Waals surface area contributed by atoms with Crippen LogP contribution in [0.25, 0.3) is 0 Å². The zero-order chi connectivity index (χ0) is 16.8.